The molecule has 39 heavy (non-hydrogen) atoms. The molecule has 1 aliphatic rings. The number of amides is 2. The number of hydrogen-bond donors (Lipinski definition) is 0. The van der Waals surface area contributed by atoms with Crippen LogP contribution in [0.15, 0.2) is 65.6 Å². The van der Waals surface area contributed by atoms with Crippen molar-refractivity contribution in [1.82, 2.24) is 4.31 Å². The van der Waals surface area contributed by atoms with Crippen molar-refractivity contribution < 1.29 is 27.5 Å². The second-order valence-corrected chi connectivity index (χ2v) is 11.7. The second-order valence-electron chi connectivity index (χ2n) is 9.89. The summed E-state index contributed by atoms with van der Waals surface area (Å²) in [5.41, 5.74) is 3.84. The van der Waals surface area contributed by atoms with Crippen LogP contribution in [0.1, 0.15) is 54.1 Å². The Balaban J connectivity index is 1.83. The van der Waals surface area contributed by atoms with Gasteiger partial charge in [0.1, 0.15) is 11.8 Å². The van der Waals surface area contributed by atoms with Crippen molar-refractivity contribution in [2.45, 2.75) is 64.9 Å². The van der Waals surface area contributed by atoms with Gasteiger partial charge in [0.05, 0.1) is 17.0 Å². The number of carbonyl (C=O) groups excluding carboxylic acids is 3. The van der Waals surface area contributed by atoms with Gasteiger partial charge in [-0.2, -0.15) is 4.31 Å². The quantitative estimate of drug-likeness (QED) is 0.236. The van der Waals surface area contributed by atoms with Crippen molar-refractivity contribution in [1.29, 1.82) is 0 Å². The van der Waals surface area contributed by atoms with Gasteiger partial charge in [-0.05, 0) is 86.7 Å². The predicted molar refractivity (Wildman–Crippen MR) is 148 cm³/mol. The summed E-state index contributed by atoms with van der Waals surface area (Å²) in [5, 5.41) is 0. The normalized spacial score (nSPS) is 16.6. The molecule has 204 valence electrons. The highest BCUT2D eigenvalue weighted by Gasteiger charge is 2.49. The number of esters is 1. The minimum absolute atomic E-state index is 0.159. The Labute approximate surface area is 229 Å². The zero-order valence-corrected chi connectivity index (χ0v) is 23.7. The molecule has 1 fully saturated rings. The molecule has 3 aromatic carbocycles. The van der Waals surface area contributed by atoms with Crippen LogP contribution >= 0.6 is 0 Å². The van der Waals surface area contributed by atoms with Crippen molar-refractivity contribution in [2.75, 3.05) is 4.90 Å². The molecule has 0 spiro atoms. The van der Waals surface area contributed by atoms with Gasteiger partial charge in [-0.3, -0.25) is 14.4 Å². The number of aryl methyl sites for hydroxylation is 2. The number of nitrogens with zero attached hydrogens (tertiary/aromatic N) is 2. The van der Waals surface area contributed by atoms with E-state index in [1.165, 1.54) is 35.5 Å². The third-order valence-corrected chi connectivity index (χ3v) is 9.54. The summed E-state index contributed by atoms with van der Waals surface area (Å²) in [5.74, 6) is -1.38. The molecule has 0 aliphatic carbocycles. The molecule has 1 heterocycles. The molecule has 9 heteroatoms. The number of hydrogen-bond acceptors (Lipinski definition) is 6. The van der Waals surface area contributed by atoms with Crippen LogP contribution in [0.25, 0.3) is 0 Å². The molecule has 0 radical (unpaired) electrons. The zero-order chi connectivity index (χ0) is 28.6. The highest BCUT2D eigenvalue weighted by molar-refractivity contribution is 7.89. The Bertz CT molecular complexity index is 1520. The first-order valence-electron chi connectivity index (χ1n) is 12.7. The SMILES string of the molecule is CC(=O)Oc1ccc(N2C(=O)CC(N(C(C)c3ccccc3)S(=O)(=O)c3c(C)c(C)cc(C)c3C)C2=O)cc1. The van der Waals surface area contributed by atoms with Crippen LogP contribution in [0.2, 0.25) is 0 Å². The minimum Gasteiger partial charge on any atom is -0.427 e. The first-order chi connectivity index (χ1) is 18.3. The van der Waals surface area contributed by atoms with Gasteiger partial charge in [-0.15, -0.1) is 0 Å². The maximum atomic E-state index is 14.5. The molecule has 1 aliphatic heterocycles. The van der Waals surface area contributed by atoms with Crippen LogP contribution in [0.3, 0.4) is 0 Å². The number of imide groups is 1. The standard InChI is InChI=1S/C30H32N2O6S/c1-18-16-19(2)21(4)29(20(18)3)39(36,37)32(22(5)24-10-8-7-9-11-24)27-17-28(34)31(30(27)35)25-12-14-26(15-13-25)38-23(6)33/h7-16,22,27H,17H2,1-6H3. The molecule has 4 rings (SSSR count). The molecule has 0 bridgehead atoms. The van der Waals surface area contributed by atoms with E-state index < -0.39 is 39.9 Å². The van der Waals surface area contributed by atoms with Gasteiger partial charge in [-0.1, -0.05) is 36.4 Å². The van der Waals surface area contributed by atoms with E-state index >= 15 is 0 Å². The molecular formula is C30H32N2O6S. The van der Waals surface area contributed by atoms with E-state index in [0.29, 0.717) is 16.7 Å². The maximum absolute atomic E-state index is 14.5. The lowest BCUT2D eigenvalue weighted by molar-refractivity contribution is -0.132. The van der Waals surface area contributed by atoms with E-state index in [0.717, 1.165) is 16.0 Å². The fourth-order valence-corrected chi connectivity index (χ4v) is 7.46. The van der Waals surface area contributed by atoms with E-state index in [9.17, 15) is 22.8 Å². The summed E-state index contributed by atoms with van der Waals surface area (Å²) in [6.07, 6.45) is -0.302. The molecule has 0 N–H and O–H groups in total. The number of sulfonamides is 1. The summed E-state index contributed by atoms with van der Waals surface area (Å²) < 4.78 is 35.3. The smallest absolute Gasteiger partial charge is 0.308 e. The van der Waals surface area contributed by atoms with E-state index in [4.69, 9.17) is 4.74 Å². The summed E-state index contributed by atoms with van der Waals surface area (Å²) in [7, 11) is -4.24. The van der Waals surface area contributed by atoms with Gasteiger partial charge >= 0.3 is 5.97 Å². The van der Waals surface area contributed by atoms with Crippen LogP contribution in [-0.4, -0.2) is 36.5 Å². The van der Waals surface area contributed by atoms with E-state index in [1.807, 2.05) is 38.1 Å². The molecule has 3 aromatic rings. The Hall–Kier alpha value is -3.82. The Kier molecular flexibility index (Phi) is 7.77. The van der Waals surface area contributed by atoms with E-state index in [-0.39, 0.29) is 22.8 Å². The van der Waals surface area contributed by atoms with Crippen molar-refractivity contribution in [2.24, 2.45) is 0 Å². The van der Waals surface area contributed by atoms with Crippen molar-refractivity contribution in [3.63, 3.8) is 0 Å². The van der Waals surface area contributed by atoms with Gasteiger partial charge in [0.25, 0.3) is 5.91 Å². The molecular weight excluding hydrogens is 516 g/mol. The number of anilines is 1. The molecule has 0 saturated carbocycles. The van der Waals surface area contributed by atoms with Crippen LogP contribution in [0.5, 0.6) is 5.75 Å². The Morgan fingerprint density at radius 1 is 0.949 bits per heavy atom. The molecule has 2 atom stereocenters. The largest absolute Gasteiger partial charge is 0.427 e. The predicted octanol–water partition coefficient (Wildman–Crippen LogP) is 4.93. The third kappa shape index (κ3) is 5.24. The Morgan fingerprint density at radius 2 is 1.51 bits per heavy atom. The van der Waals surface area contributed by atoms with Gasteiger partial charge in [0.15, 0.2) is 0 Å². The van der Waals surface area contributed by atoms with Gasteiger partial charge in [0.2, 0.25) is 15.9 Å². The summed E-state index contributed by atoms with van der Waals surface area (Å²) in [6.45, 7) is 10.2. The minimum atomic E-state index is -4.24. The number of ether oxygens (including phenoxy) is 1. The van der Waals surface area contributed by atoms with Crippen molar-refractivity contribution >= 4 is 33.5 Å². The summed E-state index contributed by atoms with van der Waals surface area (Å²) >= 11 is 0. The second kappa shape index (κ2) is 10.7. The monoisotopic (exact) mass is 548 g/mol. The van der Waals surface area contributed by atoms with Gasteiger partial charge < -0.3 is 4.74 Å². The highest BCUT2D eigenvalue weighted by Crippen LogP contribution is 2.38. The Morgan fingerprint density at radius 3 is 2.05 bits per heavy atom. The van der Waals surface area contributed by atoms with Crippen LogP contribution in [-0.2, 0) is 24.4 Å². The molecule has 1 saturated heterocycles. The first kappa shape index (κ1) is 28.2. The lowest BCUT2D eigenvalue weighted by atomic mass is 10.0. The van der Waals surface area contributed by atoms with Crippen LogP contribution in [0.4, 0.5) is 5.69 Å². The fourth-order valence-electron chi connectivity index (χ4n) is 5.11. The first-order valence-corrected chi connectivity index (χ1v) is 14.1. The van der Waals surface area contributed by atoms with Crippen molar-refractivity contribution in [3.8, 4) is 5.75 Å². The van der Waals surface area contributed by atoms with Crippen LogP contribution in [0, 0.1) is 27.7 Å². The molecule has 2 unspecified atom stereocenters. The number of rotatable bonds is 7. The maximum Gasteiger partial charge on any atom is 0.308 e. The van der Waals surface area contributed by atoms with Crippen LogP contribution < -0.4 is 9.64 Å². The summed E-state index contributed by atoms with van der Waals surface area (Å²) in [4.78, 5) is 39.5. The highest BCUT2D eigenvalue weighted by atomic mass is 32.2. The number of carbonyl (C=O) groups is 3. The van der Waals surface area contributed by atoms with E-state index in [1.54, 1.807) is 32.9 Å². The molecule has 8 nitrogen and oxygen atoms in total. The molecule has 2 amide bonds. The van der Waals surface area contributed by atoms with Gasteiger partial charge in [0, 0.05) is 13.0 Å². The topological polar surface area (TPSA) is 101 Å². The summed E-state index contributed by atoms with van der Waals surface area (Å²) in [6, 6.07) is 15.0. The molecule has 0 aromatic heterocycles. The van der Waals surface area contributed by atoms with Gasteiger partial charge in [-0.25, -0.2) is 13.3 Å². The lowest BCUT2D eigenvalue weighted by Crippen LogP contribution is -2.47. The third-order valence-electron chi connectivity index (χ3n) is 7.28. The number of benzene rings is 3. The van der Waals surface area contributed by atoms with E-state index in [2.05, 4.69) is 0 Å². The fraction of sp³-hybridized carbons (Fsp3) is 0.300. The zero-order valence-electron chi connectivity index (χ0n) is 22.9. The average Bonchev–Trinajstić information content (AvgIpc) is 3.16. The lowest BCUT2D eigenvalue weighted by Gasteiger charge is -2.34. The van der Waals surface area contributed by atoms with Crippen molar-refractivity contribution in [3.05, 3.63) is 88.5 Å². The average molecular weight is 549 g/mol.